The predicted octanol–water partition coefficient (Wildman–Crippen LogP) is 2.52. The molecule has 1 aliphatic heterocycles. The van der Waals surface area contributed by atoms with Gasteiger partial charge in [-0.3, -0.25) is 0 Å². The Labute approximate surface area is 122 Å². The number of hydrogen-bond acceptors (Lipinski definition) is 4. The Kier molecular flexibility index (Phi) is 5.48. The van der Waals surface area contributed by atoms with Crippen molar-refractivity contribution in [3.05, 3.63) is 22.2 Å². The van der Waals surface area contributed by atoms with Gasteiger partial charge in [-0.15, -0.1) is 0 Å². The zero-order chi connectivity index (χ0) is 13.7. The molecule has 1 aromatic carbocycles. The fourth-order valence-electron chi connectivity index (χ4n) is 2.08. The van der Waals surface area contributed by atoms with Crippen LogP contribution in [0.1, 0.15) is 18.9 Å². The standard InChI is InChI=1S/C14H20BrNO3/c1-2-18-13-8-10(3-5-16)7-12(15)14(13)19-11-4-6-17-9-11/h7-8,11H,2-6,9,16H2,1H3. The van der Waals surface area contributed by atoms with Crippen LogP contribution in [-0.4, -0.2) is 32.5 Å². The van der Waals surface area contributed by atoms with Crippen molar-refractivity contribution in [1.29, 1.82) is 0 Å². The summed E-state index contributed by atoms with van der Waals surface area (Å²) < 4.78 is 17.9. The normalized spacial score (nSPS) is 18.6. The fraction of sp³-hybridized carbons (Fsp3) is 0.571. The second-order valence-corrected chi connectivity index (χ2v) is 5.33. The maximum atomic E-state index is 5.99. The molecule has 0 bridgehead atoms. The topological polar surface area (TPSA) is 53.7 Å². The minimum atomic E-state index is 0.107. The first kappa shape index (κ1) is 14.6. The number of benzene rings is 1. The summed E-state index contributed by atoms with van der Waals surface area (Å²) in [7, 11) is 0. The number of hydrogen-bond donors (Lipinski definition) is 1. The van der Waals surface area contributed by atoms with Crippen LogP contribution >= 0.6 is 15.9 Å². The lowest BCUT2D eigenvalue weighted by Crippen LogP contribution is -2.17. The van der Waals surface area contributed by atoms with Crippen LogP contribution in [0, 0.1) is 0 Å². The summed E-state index contributed by atoms with van der Waals surface area (Å²) >= 11 is 3.56. The average molecular weight is 330 g/mol. The summed E-state index contributed by atoms with van der Waals surface area (Å²) in [5.41, 5.74) is 6.75. The SMILES string of the molecule is CCOc1cc(CCN)cc(Br)c1OC1CCOC1. The van der Waals surface area contributed by atoms with E-state index >= 15 is 0 Å². The molecule has 1 aromatic rings. The molecule has 1 fully saturated rings. The molecule has 0 saturated carbocycles. The Morgan fingerprint density at radius 3 is 2.95 bits per heavy atom. The van der Waals surface area contributed by atoms with Crippen molar-refractivity contribution in [2.75, 3.05) is 26.4 Å². The summed E-state index contributed by atoms with van der Waals surface area (Å²) in [6.07, 6.45) is 1.85. The van der Waals surface area contributed by atoms with Crippen LogP contribution in [0.25, 0.3) is 0 Å². The highest BCUT2D eigenvalue weighted by atomic mass is 79.9. The smallest absolute Gasteiger partial charge is 0.175 e. The van der Waals surface area contributed by atoms with Crippen LogP contribution in [-0.2, 0) is 11.2 Å². The summed E-state index contributed by atoms with van der Waals surface area (Å²) in [5, 5.41) is 0. The van der Waals surface area contributed by atoms with Gasteiger partial charge in [0.2, 0.25) is 0 Å². The van der Waals surface area contributed by atoms with E-state index in [1.165, 1.54) is 0 Å². The van der Waals surface area contributed by atoms with Crippen LogP contribution < -0.4 is 15.2 Å². The van der Waals surface area contributed by atoms with Crippen molar-refractivity contribution in [1.82, 2.24) is 0 Å². The molecule has 19 heavy (non-hydrogen) atoms. The van der Waals surface area contributed by atoms with Crippen molar-refractivity contribution < 1.29 is 14.2 Å². The van der Waals surface area contributed by atoms with Crippen LogP contribution in [0.3, 0.4) is 0 Å². The highest BCUT2D eigenvalue weighted by Crippen LogP contribution is 2.38. The van der Waals surface area contributed by atoms with E-state index in [-0.39, 0.29) is 6.10 Å². The average Bonchev–Trinajstić information content (AvgIpc) is 2.87. The molecule has 4 nitrogen and oxygen atoms in total. The number of rotatable bonds is 6. The van der Waals surface area contributed by atoms with E-state index in [4.69, 9.17) is 19.9 Å². The Bertz CT molecular complexity index is 419. The highest BCUT2D eigenvalue weighted by molar-refractivity contribution is 9.10. The minimum Gasteiger partial charge on any atom is -0.490 e. The molecule has 5 heteroatoms. The van der Waals surface area contributed by atoms with Crippen molar-refractivity contribution in [3.8, 4) is 11.5 Å². The van der Waals surface area contributed by atoms with E-state index in [0.29, 0.717) is 19.8 Å². The molecule has 1 unspecified atom stereocenters. The zero-order valence-corrected chi connectivity index (χ0v) is 12.7. The van der Waals surface area contributed by atoms with Gasteiger partial charge in [0.25, 0.3) is 0 Å². The molecule has 1 heterocycles. The van der Waals surface area contributed by atoms with Gasteiger partial charge in [-0.1, -0.05) is 0 Å². The van der Waals surface area contributed by atoms with Crippen molar-refractivity contribution in [2.24, 2.45) is 5.73 Å². The Morgan fingerprint density at radius 2 is 2.32 bits per heavy atom. The quantitative estimate of drug-likeness (QED) is 0.871. The number of ether oxygens (including phenoxy) is 3. The van der Waals surface area contributed by atoms with Gasteiger partial charge in [-0.05, 0) is 53.5 Å². The fourth-order valence-corrected chi connectivity index (χ4v) is 2.67. The van der Waals surface area contributed by atoms with E-state index in [0.717, 1.165) is 41.0 Å². The van der Waals surface area contributed by atoms with Gasteiger partial charge in [-0.25, -0.2) is 0 Å². The summed E-state index contributed by atoms with van der Waals surface area (Å²) in [6.45, 7) is 4.59. The maximum absolute atomic E-state index is 5.99. The van der Waals surface area contributed by atoms with E-state index in [1.54, 1.807) is 0 Å². The monoisotopic (exact) mass is 329 g/mol. The third kappa shape index (κ3) is 3.84. The highest BCUT2D eigenvalue weighted by Gasteiger charge is 2.21. The third-order valence-electron chi connectivity index (χ3n) is 2.97. The number of halogens is 1. The first-order valence-corrected chi connectivity index (χ1v) is 7.43. The van der Waals surface area contributed by atoms with Crippen LogP contribution in [0.5, 0.6) is 11.5 Å². The minimum absolute atomic E-state index is 0.107. The molecule has 2 N–H and O–H groups in total. The molecule has 1 saturated heterocycles. The second kappa shape index (κ2) is 7.12. The molecular formula is C14H20BrNO3. The molecule has 0 radical (unpaired) electrons. The molecule has 1 aliphatic rings. The van der Waals surface area contributed by atoms with E-state index in [2.05, 4.69) is 15.9 Å². The van der Waals surface area contributed by atoms with Gasteiger partial charge in [-0.2, -0.15) is 0 Å². The van der Waals surface area contributed by atoms with E-state index < -0.39 is 0 Å². The molecule has 0 spiro atoms. The summed E-state index contributed by atoms with van der Waals surface area (Å²) in [5.74, 6) is 1.53. The first-order chi connectivity index (χ1) is 9.24. The van der Waals surface area contributed by atoms with Crippen LogP contribution in [0.4, 0.5) is 0 Å². The molecule has 2 rings (SSSR count). The Morgan fingerprint density at radius 1 is 1.47 bits per heavy atom. The van der Waals surface area contributed by atoms with Gasteiger partial charge in [0.15, 0.2) is 11.5 Å². The molecule has 0 aromatic heterocycles. The Balaban J connectivity index is 2.22. The van der Waals surface area contributed by atoms with Crippen molar-refractivity contribution in [2.45, 2.75) is 25.9 Å². The van der Waals surface area contributed by atoms with E-state index in [1.807, 2.05) is 19.1 Å². The van der Waals surface area contributed by atoms with E-state index in [9.17, 15) is 0 Å². The molecule has 1 atom stereocenters. The van der Waals surface area contributed by atoms with Gasteiger partial charge < -0.3 is 19.9 Å². The second-order valence-electron chi connectivity index (χ2n) is 4.48. The Hall–Kier alpha value is -0.780. The first-order valence-electron chi connectivity index (χ1n) is 6.64. The lowest BCUT2D eigenvalue weighted by Gasteiger charge is -2.18. The lowest BCUT2D eigenvalue weighted by molar-refractivity contribution is 0.137. The van der Waals surface area contributed by atoms with Gasteiger partial charge in [0, 0.05) is 6.42 Å². The largest absolute Gasteiger partial charge is 0.490 e. The maximum Gasteiger partial charge on any atom is 0.175 e. The summed E-state index contributed by atoms with van der Waals surface area (Å²) in [4.78, 5) is 0. The summed E-state index contributed by atoms with van der Waals surface area (Å²) in [6, 6.07) is 4.05. The number of nitrogens with two attached hydrogens (primary N) is 1. The molecular weight excluding hydrogens is 310 g/mol. The molecule has 0 aliphatic carbocycles. The third-order valence-corrected chi connectivity index (χ3v) is 3.56. The molecule has 0 amide bonds. The van der Waals surface area contributed by atoms with Crippen LogP contribution in [0.2, 0.25) is 0 Å². The van der Waals surface area contributed by atoms with Gasteiger partial charge in [0.1, 0.15) is 6.10 Å². The molecule has 106 valence electrons. The lowest BCUT2D eigenvalue weighted by atomic mass is 10.1. The van der Waals surface area contributed by atoms with Crippen molar-refractivity contribution in [3.63, 3.8) is 0 Å². The van der Waals surface area contributed by atoms with Gasteiger partial charge in [0.05, 0.1) is 24.3 Å². The van der Waals surface area contributed by atoms with Crippen molar-refractivity contribution >= 4 is 15.9 Å². The van der Waals surface area contributed by atoms with Gasteiger partial charge >= 0.3 is 0 Å². The zero-order valence-electron chi connectivity index (χ0n) is 11.2. The van der Waals surface area contributed by atoms with Crippen LogP contribution in [0.15, 0.2) is 16.6 Å². The predicted molar refractivity (Wildman–Crippen MR) is 77.9 cm³/mol.